The Kier molecular flexibility index (Phi) is 8.29. The number of aliphatic carboxylic acids is 2. The van der Waals surface area contributed by atoms with Crippen LogP contribution in [-0.4, -0.2) is 51.9 Å². The molecule has 2 N–H and O–H groups in total. The van der Waals surface area contributed by atoms with Crippen LogP contribution in [0.4, 0.5) is 0 Å². The lowest BCUT2D eigenvalue weighted by atomic mass is 10.0. The number of carbonyl (C=O) groups is 3. The lowest BCUT2D eigenvalue weighted by molar-refractivity contribution is -0.149. The number of benzene rings is 1. The summed E-state index contributed by atoms with van der Waals surface area (Å²) in [5.74, 6) is -3.82. The van der Waals surface area contributed by atoms with Gasteiger partial charge in [0.1, 0.15) is 0 Å². The first-order chi connectivity index (χ1) is 10.9. The molecule has 0 aliphatic carbocycles. The molecule has 0 fully saturated rings. The fourth-order valence-electron chi connectivity index (χ4n) is 2.16. The van der Waals surface area contributed by atoms with E-state index in [-0.39, 0.29) is 0 Å². The van der Waals surface area contributed by atoms with Crippen LogP contribution in [0.15, 0.2) is 24.3 Å². The maximum Gasteiger partial charge on any atom is 0.372 e. The van der Waals surface area contributed by atoms with E-state index in [0.29, 0.717) is 6.00 Å². The molecule has 0 saturated heterocycles. The number of carbonyl (C=O) groups excluding carboxylic acids is 1. The predicted molar refractivity (Wildman–Crippen MR) is 85.7 cm³/mol. The van der Waals surface area contributed by atoms with E-state index in [1.165, 1.54) is 11.1 Å². The van der Waals surface area contributed by atoms with Crippen molar-refractivity contribution in [1.82, 2.24) is 4.90 Å². The fraction of sp³-hybridized carbons (Fsp3) is 0.438. The molecule has 1 aromatic rings. The van der Waals surface area contributed by atoms with Crippen LogP contribution >= 0.6 is 11.6 Å². The molecule has 0 amide bonds. The summed E-state index contributed by atoms with van der Waals surface area (Å²) in [4.78, 5) is 32.0. The molecular formula is C16H20ClNO5. The zero-order valence-electron chi connectivity index (χ0n) is 12.7. The van der Waals surface area contributed by atoms with Crippen LogP contribution in [0.3, 0.4) is 0 Å². The molecular weight excluding hydrogens is 322 g/mol. The molecule has 0 atom stereocenters. The SMILES string of the molecule is ClCN1CCc2ccccc2CC1.O=C(O)CCC(=O)C(=O)O. The second kappa shape index (κ2) is 9.97. The molecule has 0 bridgehead atoms. The minimum atomic E-state index is -1.58. The third-order valence-corrected chi connectivity index (χ3v) is 3.82. The predicted octanol–water partition coefficient (Wildman–Crippen LogP) is 1.79. The van der Waals surface area contributed by atoms with Gasteiger partial charge in [-0.25, -0.2) is 4.79 Å². The first-order valence-electron chi connectivity index (χ1n) is 7.27. The van der Waals surface area contributed by atoms with Gasteiger partial charge in [-0.15, -0.1) is 11.6 Å². The second-order valence-corrected chi connectivity index (χ2v) is 5.37. The van der Waals surface area contributed by atoms with E-state index in [1.54, 1.807) is 0 Å². The van der Waals surface area contributed by atoms with Crippen molar-refractivity contribution in [2.24, 2.45) is 0 Å². The molecule has 0 saturated carbocycles. The maximum atomic E-state index is 10.2. The topological polar surface area (TPSA) is 94.9 Å². The third kappa shape index (κ3) is 7.25. The highest BCUT2D eigenvalue weighted by molar-refractivity contribution is 6.32. The summed E-state index contributed by atoms with van der Waals surface area (Å²) in [5.41, 5.74) is 2.99. The van der Waals surface area contributed by atoms with Gasteiger partial charge in [-0.05, 0) is 24.0 Å². The van der Waals surface area contributed by atoms with Crippen molar-refractivity contribution in [3.8, 4) is 0 Å². The molecule has 23 heavy (non-hydrogen) atoms. The van der Waals surface area contributed by atoms with Crippen LogP contribution in [-0.2, 0) is 27.2 Å². The Bertz CT molecular complexity index is 534. The zero-order valence-corrected chi connectivity index (χ0v) is 13.5. The number of Topliss-reactive ketones (excluding diaryl/α,β-unsaturated/α-hetero) is 1. The van der Waals surface area contributed by atoms with Crippen molar-refractivity contribution >= 4 is 29.3 Å². The van der Waals surface area contributed by atoms with Gasteiger partial charge < -0.3 is 10.2 Å². The van der Waals surface area contributed by atoms with E-state index < -0.39 is 30.6 Å². The van der Waals surface area contributed by atoms with Crippen LogP contribution in [0, 0.1) is 0 Å². The standard InChI is InChI=1S/C11H14ClN.C5H6O5/c12-9-13-7-5-10-3-1-2-4-11(10)6-8-13;6-3(5(9)10)1-2-4(7)8/h1-4H,5-9H2;1-2H2,(H,7,8)(H,9,10). The number of nitrogens with zero attached hydrogens (tertiary/aromatic N) is 1. The van der Waals surface area contributed by atoms with Gasteiger partial charge in [0.05, 0.1) is 12.4 Å². The van der Waals surface area contributed by atoms with Gasteiger partial charge in [0.2, 0.25) is 5.78 Å². The van der Waals surface area contributed by atoms with Crippen molar-refractivity contribution in [2.45, 2.75) is 25.7 Å². The number of fused-ring (bicyclic) bond motifs is 1. The van der Waals surface area contributed by atoms with Gasteiger partial charge in [0, 0.05) is 19.5 Å². The Morgan fingerprint density at radius 2 is 1.52 bits per heavy atom. The molecule has 126 valence electrons. The van der Waals surface area contributed by atoms with Crippen LogP contribution < -0.4 is 0 Å². The van der Waals surface area contributed by atoms with Crippen LogP contribution in [0.25, 0.3) is 0 Å². The van der Waals surface area contributed by atoms with Gasteiger partial charge in [-0.3, -0.25) is 14.5 Å². The lowest BCUT2D eigenvalue weighted by Gasteiger charge is -2.14. The van der Waals surface area contributed by atoms with Crippen LogP contribution in [0.1, 0.15) is 24.0 Å². The van der Waals surface area contributed by atoms with Crippen molar-refractivity contribution in [3.05, 3.63) is 35.4 Å². The minimum absolute atomic E-state index is 0.425. The minimum Gasteiger partial charge on any atom is -0.481 e. The average molecular weight is 342 g/mol. The highest BCUT2D eigenvalue weighted by Crippen LogP contribution is 2.15. The summed E-state index contributed by atoms with van der Waals surface area (Å²) in [7, 11) is 0. The molecule has 6 nitrogen and oxygen atoms in total. The lowest BCUT2D eigenvalue weighted by Crippen LogP contribution is -2.24. The van der Waals surface area contributed by atoms with Crippen molar-refractivity contribution < 1.29 is 24.6 Å². The smallest absolute Gasteiger partial charge is 0.372 e. The Morgan fingerprint density at radius 3 is 1.91 bits per heavy atom. The number of ketones is 1. The highest BCUT2D eigenvalue weighted by atomic mass is 35.5. The molecule has 0 radical (unpaired) electrons. The Morgan fingerprint density at radius 1 is 1.00 bits per heavy atom. The Labute approximate surface area is 139 Å². The first kappa shape index (κ1) is 19.1. The zero-order chi connectivity index (χ0) is 17.2. The molecule has 0 aromatic heterocycles. The molecule has 1 aromatic carbocycles. The largest absolute Gasteiger partial charge is 0.481 e. The molecule has 7 heteroatoms. The van der Waals surface area contributed by atoms with E-state index in [0.717, 1.165) is 25.9 Å². The summed E-state index contributed by atoms with van der Waals surface area (Å²) in [6, 6.07) is 9.36. The normalized spacial score (nSPS) is 14.0. The first-order valence-corrected chi connectivity index (χ1v) is 7.80. The number of halogens is 1. The summed E-state index contributed by atoms with van der Waals surface area (Å²) in [6.45, 7) is 2.20. The number of carboxylic acid groups (broad SMARTS) is 2. The van der Waals surface area contributed by atoms with Crippen LogP contribution in [0.2, 0.25) is 0 Å². The third-order valence-electron chi connectivity index (χ3n) is 3.49. The van der Waals surface area contributed by atoms with Crippen molar-refractivity contribution in [2.75, 3.05) is 19.1 Å². The van der Waals surface area contributed by atoms with E-state index in [1.807, 2.05) is 0 Å². The molecule has 1 aliphatic heterocycles. The molecule has 1 aliphatic rings. The maximum absolute atomic E-state index is 10.2. The number of hydrogen-bond donors (Lipinski definition) is 2. The highest BCUT2D eigenvalue weighted by Gasteiger charge is 2.12. The van der Waals surface area contributed by atoms with E-state index in [4.69, 9.17) is 21.8 Å². The van der Waals surface area contributed by atoms with Gasteiger partial charge in [-0.1, -0.05) is 24.3 Å². The van der Waals surface area contributed by atoms with Gasteiger partial charge >= 0.3 is 11.9 Å². The molecule has 0 spiro atoms. The number of hydrogen-bond acceptors (Lipinski definition) is 4. The molecule has 0 unspecified atom stereocenters. The van der Waals surface area contributed by atoms with E-state index in [9.17, 15) is 14.4 Å². The van der Waals surface area contributed by atoms with E-state index in [2.05, 4.69) is 29.2 Å². The monoisotopic (exact) mass is 341 g/mol. The van der Waals surface area contributed by atoms with Gasteiger partial charge in [-0.2, -0.15) is 0 Å². The van der Waals surface area contributed by atoms with Crippen molar-refractivity contribution in [1.29, 1.82) is 0 Å². The summed E-state index contributed by atoms with van der Waals surface area (Å²) in [5, 5.41) is 16.0. The summed E-state index contributed by atoms with van der Waals surface area (Å²) in [6.07, 6.45) is 1.42. The van der Waals surface area contributed by atoms with Gasteiger partial charge in [0.25, 0.3) is 0 Å². The molecule has 1 heterocycles. The Balaban J connectivity index is 0.000000241. The molecule has 2 rings (SSSR count). The number of rotatable bonds is 5. The summed E-state index contributed by atoms with van der Waals surface area (Å²) >= 11 is 5.82. The summed E-state index contributed by atoms with van der Waals surface area (Å²) < 4.78 is 0. The second-order valence-electron chi connectivity index (χ2n) is 5.13. The number of alkyl halides is 1. The Hall–Kier alpha value is -1.92. The number of carboxylic acids is 2. The van der Waals surface area contributed by atoms with E-state index >= 15 is 0 Å². The quantitative estimate of drug-likeness (QED) is 0.481. The van der Waals surface area contributed by atoms with Crippen molar-refractivity contribution in [3.63, 3.8) is 0 Å². The fourth-order valence-corrected chi connectivity index (χ4v) is 2.40. The van der Waals surface area contributed by atoms with Gasteiger partial charge in [0.15, 0.2) is 0 Å². The van der Waals surface area contributed by atoms with Crippen LogP contribution in [0.5, 0.6) is 0 Å². The average Bonchev–Trinajstić information content (AvgIpc) is 2.75.